The third-order valence-corrected chi connectivity index (χ3v) is 6.55. The fourth-order valence-corrected chi connectivity index (χ4v) is 4.56. The van der Waals surface area contributed by atoms with Crippen LogP contribution >= 0.6 is 0 Å². The number of carbonyl (C=O) groups is 2. The molecule has 1 amide bonds. The van der Waals surface area contributed by atoms with E-state index >= 15 is 0 Å². The zero-order chi connectivity index (χ0) is 29.6. The summed E-state index contributed by atoms with van der Waals surface area (Å²) in [6.45, 7) is 0.618. The maximum atomic E-state index is 12.9. The Hall–Kier alpha value is -3.54. The van der Waals surface area contributed by atoms with Gasteiger partial charge >= 0.3 is 22.2 Å². The number of esters is 1. The molecule has 0 aliphatic carbocycles. The van der Waals surface area contributed by atoms with Crippen molar-refractivity contribution in [3.8, 4) is 5.75 Å². The molecule has 3 rings (SSSR count). The number of hydrogen-bond donors (Lipinski definition) is 2. The maximum Gasteiger partial charge on any atom is 0.408 e. The molecule has 40 heavy (non-hydrogen) atoms. The molecule has 0 radical (unpaired) electrons. The molecule has 1 aromatic carbocycles. The number of ether oxygens (including phenoxy) is 3. The molecule has 2 N–H and O–H groups in total. The summed E-state index contributed by atoms with van der Waals surface area (Å²) in [5.74, 6) is -2.34. The van der Waals surface area contributed by atoms with E-state index in [0.29, 0.717) is 11.8 Å². The molecule has 1 aliphatic rings. The Balaban J connectivity index is 1.98. The molecular weight excluding hydrogens is 574 g/mol. The third-order valence-electron chi connectivity index (χ3n) is 5.51. The van der Waals surface area contributed by atoms with E-state index in [-0.39, 0.29) is 45.1 Å². The molecule has 2 heterocycles. The van der Waals surface area contributed by atoms with E-state index in [9.17, 15) is 31.2 Å². The fourth-order valence-electron chi connectivity index (χ4n) is 3.71. The lowest BCUT2D eigenvalue weighted by Gasteiger charge is -2.39. The van der Waals surface area contributed by atoms with Crippen molar-refractivity contribution in [1.82, 2.24) is 15.3 Å². The third kappa shape index (κ3) is 8.73. The van der Waals surface area contributed by atoms with E-state index in [1.165, 1.54) is 6.92 Å². The number of benzene rings is 1. The van der Waals surface area contributed by atoms with Crippen LogP contribution in [-0.4, -0.2) is 77.3 Å². The first-order valence-electron chi connectivity index (χ1n) is 11.9. The van der Waals surface area contributed by atoms with Crippen molar-refractivity contribution < 1.29 is 49.0 Å². The summed E-state index contributed by atoms with van der Waals surface area (Å²) in [7, 11) is -7.99. The van der Waals surface area contributed by atoms with Gasteiger partial charge in [-0.1, -0.05) is 30.3 Å². The van der Waals surface area contributed by atoms with Crippen molar-refractivity contribution >= 4 is 32.3 Å². The molecule has 0 unspecified atom stereocenters. The number of nitrogens with zero attached hydrogens (tertiary/aromatic N) is 1. The van der Waals surface area contributed by atoms with Crippen molar-refractivity contribution in [2.45, 2.75) is 38.0 Å². The maximum absolute atomic E-state index is 12.9. The van der Waals surface area contributed by atoms with Crippen LogP contribution in [0, 0.1) is 0 Å². The van der Waals surface area contributed by atoms with Gasteiger partial charge in [0.1, 0.15) is 18.0 Å². The minimum absolute atomic E-state index is 0.0166. The van der Waals surface area contributed by atoms with Gasteiger partial charge in [-0.2, -0.15) is 16.8 Å². The molecular formula is C23H29N3O12S2. The lowest BCUT2D eigenvalue weighted by Crippen LogP contribution is -2.55. The molecule has 1 fully saturated rings. The lowest BCUT2D eigenvalue weighted by molar-refractivity contribution is -0.0604. The van der Waals surface area contributed by atoms with Gasteiger partial charge in [0.05, 0.1) is 38.4 Å². The molecule has 1 aromatic heterocycles. The predicted molar refractivity (Wildman–Crippen MR) is 137 cm³/mol. The Morgan fingerprint density at radius 1 is 1.12 bits per heavy atom. The van der Waals surface area contributed by atoms with Crippen molar-refractivity contribution in [1.29, 1.82) is 0 Å². The molecule has 0 bridgehead atoms. The standard InChI is InChI=1S/C23H29N3O12S2/c1-4-34-20(28)17-18(38-40(3,32)33)19(27)25-21(24-17)23(11-10-16(36-14-23)13-37-39(2,30)31)26-22(29)35-12-15-8-6-5-7-9-15/h5-9,16H,4,10-14H2,1-3H3,(H,26,29)(H,24,25,27)/t16-,23+/m0/s1. The first kappa shape index (κ1) is 31.0. The highest BCUT2D eigenvalue weighted by Crippen LogP contribution is 2.32. The summed E-state index contributed by atoms with van der Waals surface area (Å²) in [6.07, 6.45) is 0.0754. The Labute approximate surface area is 230 Å². The highest BCUT2D eigenvalue weighted by molar-refractivity contribution is 7.86. The number of alkyl carbamates (subject to hydrolysis) is 1. The van der Waals surface area contributed by atoms with Crippen LogP contribution in [0.15, 0.2) is 35.1 Å². The van der Waals surface area contributed by atoms with Gasteiger partial charge in [-0.15, -0.1) is 0 Å². The molecule has 17 heteroatoms. The topological polar surface area (TPSA) is 206 Å². The zero-order valence-corrected chi connectivity index (χ0v) is 23.5. The first-order valence-corrected chi connectivity index (χ1v) is 15.5. The SMILES string of the molecule is CCOC(=O)c1nc([C@@]2(NC(=O)OCc3ccccc3)CC[C@@H](COS(C)(=O)=O)OC2)[nH]c(=O)c1OS(C)(=O)=O. The van der Waals surface area contributed by atoms with E-state index in [0.717, 1.165) is 6.26 Å². The van der Waals surface area contributed by atoms with Crippen LogP contribution in [0.25, 0.3) is 0 Å². The van der Waals surface area contributed by atoms with E-state index in [1.54, 1.807) is 30.3 Å². The van der Waals surface area contributed by atoms with Gasteiger partial charge in [0, 0.05) is 0 Å². The summed E-state index contributed by atoms with van der Waals surface area (Å²) in [6, 6.07) is 8.80. The number of hydrogen-bond acceptors (Lipinski definition) is 13. The van der Waals surface area contributed by atoms with E-state index in [2.05, 4.69) is 15.3 Å². The molecule has 1 saturated heterocycles. The second-order valence-corrected chi connectivity index (χ2v) is 12.0. The molecule has 1 aliphatic heterocycles. The lowest BCUT2D eigenvalue weighted by atomic mass is 9.89. The molecule has 2 atom stereocenters. The van der Waals surface area contributed by atoms with Crippen LogP contribution in [0.1, 0.15) is 41.6 Å². The van der Waals surface area contributed by atoms with Crippen molar-refractivity contribution in [3.63, 3.8) is 0 Å². The number of rotatable bonds is 11. The van der Waals surface area contributed by atoms with Crippen LogP contribution < -0.4 is 15.1 Å². The summed E-state index contributed by atoms with van der Waals surface area (Å²) in [5, 5.41) is 2.62. The van der Waals surface area contributed by atoms with Crippen molar-refractivity contribution in [3.05, 3.63) is 57.8 Å². The number of aromatic nitrogens is 2. The smallest absolute Gasteiger partial charge is 0.408 e. The molecule has 0 saturated carbocycles. The number of aromatic amines is 1. The minimum Gasteiger partial charge on any atom is -0.461 e. The van der Waals surface area contributed by atoms with E-state index < -0.39 is 60.9 Å². The normalized spacial score (nSPS) is 19.4. The van der Waals surface area contributed by atoms with Gasteiger partial charge in [-0.3, -0.25) is 8.98 Å². The molecule has 0 spiro atoms. The van der Waals surface area contributed by atoms with Gasteiger partial charge in [-0.05, 0) is 25.3 Å². The van der Waals surface area contributed by atoms with Crippen LogP contribution in [0.4, 0.5) is 4.79 Å². The van der Waals surface area contributed by atoms with Gasteiger partial charge in [-0.25, -0.2) is 14.6 Å². The highest BCUT2D eigenvalue weighted by Gasteiger charge is 2.43. The molecule has 220 valence electrons. The highest BCUT2D eigenvalue weighted by atomic mass is 32.2. The Morgan fingerprint density at radius 3 is 2.40 bits per heavy atom. The van der Waals surface area contributed by atoms with Gasteiger partial charge in [0.2, 0.25) is 5.75 Å². The number of carbonyl (C=O) groups excluding carboxylic acids is 2. The Kier molecular flexibility index (Phi) is 9.88. The monoisotopic (exact) mass is 603 g/mol. The van der Waals surface area contributed by atoms with E-state index in [1.807, 2.05) is 0 Å². The molecule has 15 nitrogen and oxygen atoms in total. The molecule has 2 aromatic rings. The number of amides is 1. The van der Waals surface area contributed by atoms with Gasteiger partial charge < -0.3 is 28.7 Å². The summed E-state index contributed by atoms with van der Waals surface area (Å²) >= 11 is 0. The first-order chi connectivity index (χ1) is 18.7. The Bertz CT molecular complexity index is 1480. The predicted octanol–water partition coefficient (Wildman–Crippen LogP) is 0.562. The summed E-state index contributed by atoms with van der Waals surface area (Å²) in [5.41, 5.74) is -2.78. The minimum atomic E-state index is -4.25. The van der Waals surface area contributed by atoms with Crippen molar-refractivity contribution in [2.24, 2.45) is 0 Å². The van der Waals surface area contributed by atoms with Crippen LogP contribution in [0.3, 0.4) is 0 Å². The zero-order valence-electron chi connectivity index (χ0n) is 21.9. The number of H-pyrrole nitrogens is 1. The van der Waals surface area contributed by atoms with Crippen LogP contribution in [0.2, 0.25) is 0 Å². The largest absolute Gasteiger partial charge is 0.461 e. The quantitative estimate of drug-likeness (QED) is 0.266. The van der Waals surface area contributed by atoms with Crippen LogP contribution in [0.5, 0.6) is 5.75 Å². The van der Waals surface area contributed by atoms with Gasteiger partial charge in [0.15, 0.2) is 5.69 Å². The Morgan fingerprint density at radius 2 is 1.82 bits per heavy atom. The number of nitrogens with one attached hydrogen (secondary N) is 2. The summed E-state index contributed by atoms with van der Waals surface area (Å²) in [4.78, 5) is 44.9. The van der Waals surface area contributed by atoms with Crippen LogP contribution in [-0.2, 0) is 50.8 Å². The van der Waals surface area contributed by atoms with E-state index in [4.69, 9.17) is 22.6 Å². The van der Waals surface area contributed by atoms with Gasteiger partial charge in [0.25, 0.3) is 15.7 Å². The fraction of sp³-hybridized carbons (Fsp3) is 0.478. The second kappa shape index (κ2) is 12.8. The average Bonchev–Trinajstić information content (AvgIpc) is 2.87. The average molecular weight is 604 g/mol. The van der Waals surface area contributed by atoms with Crippen molar-refractivity contribution in [2.75, 3.05) is 32.3 Å². The summed E-state index contributed by atoms with van der Waals surface area (Å²) < 4.78 is 71.7. The second-order valence-electron chi connectivity index (χ2n) is 8.83.